The lowest BCUT2D eigenvalue weighted by Crippen LogP contribution is -2.38. The summed E-state index contributed by atoms with van der Waals surface area (Å²) in [6.45, 7) is 5.81. The molecule has 3 fully saturated rings. The van der Waals surface area contributed by atoms with Crippen LogP contribution in [0.3, 0.4) is 0 Å². The quantitative estimate of drug-likeness (QED) is 0.664. The predicted molar refractivity (Wildman–Crippen MR) is 126 cm³/mol. The maximum absolute atomic E-state index is 5.83. The zero-order chi connectivity index (χ0) is 21.0. The first kappa shape index (κ1) is 20.9. The summed E-state index contributed by atoms with van der Waals surface area (Å²) in [4.78, 5) is 9.56. The Labute approximate surface area is 190 Å². The minimum atomic E-state index is 0.0801. The fourth-order valence-electron chi connectivity index (χ4n) is 5.33. The molecule has 2 atom stereocenters. The van der Waals surface area contributed by atoms with Crippen molar-refractivity contribution in [1.82, 2.24) is 24.7 Å². The predicted octanol–water partition coefficient (Wildman–Crippen LogP) is 3.69. The lowest BCUT2D eigenvalue weighted by molar-refractivity contribution is 0.0365. The molecule has 0 radical (unpaired) electrons. The van der Waals surface area contributed by atoms with E-state index in [2.05, 4.69) is 55.3 Å². The Bertz CT molecular complexity index is 860. The molecule has 0 spiro atoms. The number of morpholine rings is 1. The van der Waals surface area contributed by atoms with Gasteiger partial charge in [-0.1, -0.05) is 18.9 Å². The van der Waals surface area contributed by atoms with Gasteiger partial charge in [0.25, 0.3) is 0 Å². The SMILES string of the molecule is S=C1NC(c2ccccn2)C(c2ccn(C3CCCC3)c2)N1CCCN1CCOCC1. The van der Waals surface area contributed by atoms with Gasteiger partial charge in [-0.05, 0) is 55.2 Å². The first-order valence-electron chi connectivity index (χ1n) is 11.7. The summed E-state index contributed by atoms with van der Waals surface area (Å²) in [5.41, 5.74) is 2.39. The zero-order valence-electron chi connectivity index (χ0n) is 18.2. The molecule has 166 valence electrons. The van der Waals surface area contributed by atoms with Crippen LogP contribution in [0.5, 0.6) is 0 Å². The van der Waals surface area contributed by atoms with E-state index < -0.39 is 0 Å². The third kappa shape index (κ3) is 4.64. The van der Waals surface area contributed by atoms with Crippen LogP contribution < -0.4 is 5.32 Å². The summed E-state index contributed by atoms with van der Waals surface area (Å²) in [5, 5.41) is 4.43. The average molecular weight is 440 g/mol. The molecule has 6 nitrogen and oxygen atoms in total. The van der Waals surface area contributed by atoms with Gasteiger partial charge in [0.05, 0.1) is 31.0 Å². The highest BCUT2D eigenvalue weighted by Gasteiger charge is 2.40. The van der Waals surface area contributed by atoms with Crippen molar-refractivity contribution >= 4 is 17.3 Å². The Balaban J connectivity index is 1.35. The van der Waals surface area contributed by atoms with Crippen LogP contribution in [0.15, 0.2) is 42.9 Å². The molecule has 1 saturated carbocycles. The molecule has 2 unspecified atom stereocenters. The minimum absolute atomic E-state index is 0.0801. The maximum atomic E-state index is 5.83. The highest BCUT2D eigenvalue weighted by molar-refractivity contribution is 7.80. The molecule has 2 aliphatic heterocycles. The van der Waals surface area contributed by atoms with Gasteiger partial charge < -0.3 is 19.5 Å². The lowest BCUT2D eigenvalue weighted by atomic mass is 9.99. The van der Waals surface area contributed by atoms with Crippen molar-refractivity contribution in [1.29, 1.82) is 0 Å². The molecule has 0 bridgehead atoms. The van der Waals surface area contributed by atoms with Gasteiger partial charge in [0, 0.05) is 50.8 Å². The molecule has 0 aromatic carbocycles. The summed E-state index contributed by atoms with van der Waals surface area (Å²) in [6, 6.07) is 9.35. The van der Waals surface area contributed by atoms with E-state index in [4.69, 9.17) is 17.0 Å². The molecular formula is C24H33N5OS. The van der Waals surface area contributed by atoms with E-state index in [9.17, 15) is 0 Å². The molecule has 5 rings (SSSR count). The third-order valence-corrected chi connectivity index (χ3v) is 7.35. The largest absolute Gasteiger partial charge is 0.379 e. The molecule has 2 saturated heterocycles. The Hall–Kier alpha value is -1.96. The topological polar surface area (TPSA) is 45.6 Å². The molecule has 31 heavy (non-hydrogen) atoms. The van der Waals surface area contributed by atoms with Gasteiger partial charge in [-0.3, -0.25) is 9.88 Å². The maximum Gasteiger partial charge on any atom is 0.170 e. The molecule has 2 aromatic heterocycles. The number of rotatable bonds is 7. The second-order valence-corrected chi connectivity index (χ2v) is 9.34. The molecule has 7 heteroatoms. The fraction of sp³-hybridized carbons (Fsp3) is 0.583. The summed E-state index contributed by atoms with van der Waals surface area (Å²) < 4.78 is 7.92. The van der Waals surface area contributed by atoms with Crippen molar-refractivity contribution in [3.63, 3.8) is 0 Å². The summed E-state index contributed by atoms with van der Waals surface area (Å²) >= 11 is 5.83. The van der Waals surface area contributed by atoms with Crippen LogP contribution in [0.1, 0.15) is 61.5 Å². The number of nitrogens with one attached hydrogen (secondary N) is 1. The standard InChI is InChI=1S/C24H33N5OS/c31-24-26-22(21-8-3-4-10-25-21)23(19-9-13-28(18-19)20-6-1-2-7-20)29(24)12-5-11-27-14-16-30-17-15-27/h3-4,8-10,13,18,20,22-23H,1-2,5-7,11-12,14-17H2,(H,26,31). The second-order valence-electron chi connectivity index (χ2n) is 8.96. The number of ether oxygens (including phenoxy) is 1. The van der Waals surface area contributed by atoms with E-state index >= 15 is 0 Å². The highest BCUT2D eigenvalue weighted by Crippen LogP contribution is 2.40. The Morgan fingerprint density at radius 2 is 1.94 bits per heavy atom. The van der Waals surface area contributed by atoms with Crippen molar-refractivity contribution in [2.24, 2.45) is 0 Å². The van der Waals surface area contributed by atoms with E-state index in [1.165, 1.54) is 31.2 Å². The molecule has 1 aliphatic carbocycles. The summed E-state index contributed by atoms with van der Waals surface area (Å²) in [6.07, 6.45) is 12.9. The number of pyridine rings is 1. The third-order valence-electron chi connectivity index (χ3n) is 7.00. The lowest BCUT2D eigenvalue weighted by Gasteiger charge is -2.30. The van der Waals surface area contributed by atoms with Crippen LogP contribution in [0.2, 0.25) is 0 Å². The number of aromatic nitrogens is 2. The van der Waals surface area contributed by atoms with Crippen molar-refractivity contribution in [3.05, 3.63) is 54.1 Å². The van der Waals surface area contributed by atoms with Gasteiger partial charge in [0.2, 0.25) is 0 Å². The normalized spacial score (nSPS) is 25.3. The number of hydrogen-bond acceptors (Lipinski definition) is 4. The van der Waals surface area contributed by atoms with E-state index in [1.54, 1.807) is 0 Å². The van der Waals surface area contributed by atoms with Gasteiger partial charge in [0.15, 0.2) is 5.11 Å². The Morgan fingerprint density at radius 3 is 2.71 bits per heavy atom. The van der Waals surface area contributed by atoms with Crippen LogP contribution in [-0.2, 0) is 4.74 Å². The van der Waals surface area contributed by atoms with E-state index in [0.717, 1.165) is 56.6 Å². The average Bonchev–Trinajstić information content (AvgIpc) is 3.55. The van der Waals surface area contributed by atoms with Crippen LogP contribution in [0, 0.1) is 0 Å². The van der Waals surface area contributed by atoms with Gasteiger partial charge in [-0.25, -0.2) is 0 Å². The van der Waals surface area contributed by atoms with Crippen LogP contribution in [0.4, 0.5) is 0 Å². The number of nitrogens with zero attached hydrogens (tertiary/aromatic N) is 4. The van der Waals surface area contributed by atoms with Crippen LogP contribution in [-0.4, -0.2) is 63.9 Å². The molecule has 4 heterocycles. The smallest absolute Gasteiger partial charge is 0.170 e. The molecule has 2 aromatic rings. The molecular weight excluding hydrogens is 406 g/mol. The van der Waals surface area contributed by atoms with Gasteiger partial charge in [-0.2, -0.15) is 0 Å². The summed E-state index contributed by atoms with van der Waals surface area (Å²) in [7, 11) is 0. The van der Waals surface area contributed by atoms with Crippen molar-refractivity contribution < 1.29 is 4.74 Å². The van der Waals surface area contributed by atoms with Crippen molar-refractivity contribution in [3.8, 4) is 0 Å². The van der Waals surface area contributed by atoms with Crippen LogP contribution in [0.25, 0.3) is 0 Å². The molecule has 3 aliphatic rings. The van der Waals surface area contributed by atoms with Crippen molar-refractivity contribution in [2.45, 2.75) is 50.2 Å². The molecule has 0 amide bonds. The highest BCUT2D eigenvalue weighted by atomic mass is 32.1. The first-order valence-corrected chi connectivity index (χ1v) is 12.2. The Kier molecular flexibility index (Phi) is 6.53. The van der Waals surface area contributed by atoms with Gasteiger partial charge in [-0.15, -0.1) is 0 Å². The second kappa shape index (κ2) is 9.67. The number of hydrogen-bond donors (Lipinski definition) is 1. The fourth-order valence-corrected chi connectivity index (χ4v) is 5.67. The van der Waals surface area contributed by atoms with Crippen LogP contribution >= 0.6 is 12.2 Å². The zero-order valence-corrected chi connectivity index (χ0v) is 19.0. The Morgan fingerprint density at radius 1 is 1.10 bits per heavy atom. The van der Waals surface area contributed by atoms with Crippen molar-refractivity contribution in [2.75, 3.05) is 39.4 Å². The number of thiocarbonyl (C=S) groups is 1. The minimum Gasteiger partial charge on any atom is -0.379 e. The first-order chi connectivity index (χ1) is 15.3. The van der Waals surface area contributed by atoms with E-state index in [0.29, 0.717) is 6.04 Å². The summed E-state index contributed by atoms with van der Waals surface area (Å²) in [5.74, 6) is 0. The van der Waals surface area contributed by atoms with E-state index in [1.807, 2.05) is 12.3 Å². The van der Waals surface area contributed by atoms with Gasteiger partial charge in [0.1, 0.15) is 0 Å². The molecule has 1 N–H and O–H groups in total. The monoisotopic (exact) mass is 439 g/mol. The van der Waals surface area contributed by atoms with Gasteiger partial charge >= 0.3 is 0 Å². The van der Waals surface area contributed by atoms with E-state index in [-0.39, 0.29) is 12.1 Å².